The Morgan fingerprint density at radius 2 is 1.53 bits per heavy atom. The molecule has 0 radical (unpaired) electrons. The van der Waals surface area contributed by atoms with Crippen molar-refractivity contribution in [2.45, 2.75) is 71.8 Å². The number of pyridine rings is 1. The summed E-state index contributed by atoms with van der Waals surface area (Å²) in [5.74, 6) is 1.35. The lowest BCUT2D eigenvalue weighted by Crippen LogP contribution is -2.12. The van der Waals surface area contributed by atoms with Gasteiger partial charge in [0.15, 0.2) is 5.78 Å². The molecule has 34 heavy (non-hydrogen) atoms. The van der Waals surface area contributed by atoms with Crippen LogP contribution in [-0.2, 0) is 6.61 Å². The van der Waals surface area contributed by atoms with Gasteiger partial charge in [0.1, 0.15) is 18.2 Å². The maximum Gasteiger partial charge on any atom is 0.197 e. The van der Waals surface area contributed by atoms with E-state index in [1.807, 2.05) is 67.6 Å². The Bertz CT molecular complexity index is 1020. The summed E-state index contributed by atoms with van der Waals surface area (Å²) < 4.78 is 6.03. The summed E-state index contributed by atoms with van der Waals surface area (Å²) in [5, 5.41) is 3.39. The second-order valence-electron chi connectivity index (χ2n) is 8.83. The molecule has 0 saturated heterocycles. The number of hydrogen-bond acceptors (Lipinski definition) is 4. The standard InChI is InChI=1S/C30H38N2O2/c1-3-4-5-6-7-8-9-13-21-31-30-27(19-15-22-32-30)29(33)26-18-14-20-28(24(26)2)34-23-25-16-11-10-12-17-25/h10-12,14-20,22H,3-9,13,21,23H2,1-2H3,(H,31,32). The van der Waals surface area contributed by atoms with E-state index in [-0.39, 0.29) is 5.78 Å². The van der Waals surface area contributed by atoms with Crippen LogP contribution in [0.1, 0.15) is 85.3 Å². The molecule has 0 atom stereocenters. The molecule has 2 aromatic carbocycles. The Morgan fingerprint density at radius 3 is 2.29 bits per heavy atom. The Morgan fingerprint density at radius 1 is 0.824 bits per heavy atom. The Balaban J connectivity index is 1.57. The van der Waals surface area contributed by atoms with Gasteiger partial charge >= 0.3 is 0 Å². The second kappa shape index (κ2) is 14.2. The minimum atomic E-state index is -0.0332. The second-order valence-corrected chi connectivity index (χ2v) is 8.83. The first-order valence-corrected chi connectivity index (χ1v) is 12.7. The molecule has 3 aromatic rings. The van der Waals surface area contributed by atoms with Gasteiger partial charge in [0.25, 0.3) is 0 Å². The largest absolute Gasteiger partial charge is 0.489 e. The van der Waals surface area contributed by atoms with Gasteiger partial charge in [-0.2, -0.15) is 0 Å². The third kappa shape index (κ3) is 7.72. The summed E-state index contributed by atoms with van der Waals surface area (Å²) in [4.78, 5) is 17.9. The maximum absolute atomic E-state index is 13.4. The molecule has 0 aliphatic rings. The number of ether oxygens (including phenoxy) is 1. The third-order valence-corrected chi connectivity index (χ3v) is 6.14. The molecular weight excluding hydrogens is 420 g/mol. The fourth-order valence-corrected chi connectivity index (χ4v) is 4.09. The first kappa shape index (κ1) is 25.5. The van der Waals surface area contributed by atoms with E-state index < -0.39 is 0 Å². The van der Waals surface area contributed by atoms with Gasteiger partial charge in [-0.1, -0.05) is 94.3 Å². The van der Waals surface area contributed by atoms with Crippen molar-refractivity contribution in [1.82, 2.24) is 4.98 Å². The van der Waals surface area contributed by atoms with E-state index in [0.29, 0.717) is 23.6 Å². The molecule has 1 N–H and O–H groups in total. The van der Waals surface area contributed by atoms with Crippen LogP contribution in [0, 0.1) is 6.92 Å². The van der Waals surface area contributed by atoms with Crippen molar-refractivity contribution in [2.75, 3.05) is 11.9 Å². The fourth-order valence-electron chi connectivity index (χ4n) is 4.09. The minimum absolute atomic E-state index is 0.0332. The average molecular weight is 459 g/mol. The fraction of sp³-hybridized carbons (Fsp3) is 0.400. The van der Waals surface area contributed by atoms with E-state index in [2.05, 4.69) is 17.2 Å². The van der Waals surface area contributed by atoms with Gasteiger partial charge in [-0.25, -0.2) is 4.98 Å². The van der Waals surface area contributed by atoms with Crippen LogP contribution in [0.15, 0.2) is 66.9 Å². The molecule has 4 nitrogen and oxygen atoms in total. The summed E-state index contributed by atoms with van der Waals surface area (Å²) in [6, 6.07) is 19.4. The number of carbonyl (C=O) groups excluding carboxylic acids is 1. The first-order chi connectivity index (χ1) is 16.7. The van der Waals surface area contributed by atoms with Crippen molar-refractivity contribution in [3.05, 3.63) is 89.1 Å². The Labute approximate surface area is 204 Å². The molecule has 4 heteroatoms. The zero-order valence-electron chi connectivity index (χ0n) is 20.7. The SMILES string of the molecule is CCCCCCCCCCNc1ncccc1C(=O)c1cccc(OCc2ccccc2)c1C. The quantitative estimate of drug-likeness (QED) is 0.187. The summed E-state index contributed by atoms with van der Waals surface area (Å²) >= 11 is 0. The maximum atomic E-state index is 13.4. The lowest BCUT2D eigenvalue weighted by molar-refractivity contribution is 0.103. The molecule has 1 heterocycles. The molecule has 0 aliphatic heterocycles. The summed E-state index contributed by atoms with van der Waals surface area (Å²) in [5.41, 5.74) is 3.19. The Hall–Kier alpha value is -3.14. The topological polar surface area (TPSA) is 51.2 Å². The van der Waals surface area contributed by atoms with Crippen molar-refractivity contribution in [2.24, 2.45) is 0 Å². The number of ketones is 1. The number of unbranched alkanes of at least 4 members (excludes halogenated alkanes) is 7. The molecule has 0 aliphatic carbocycles. The van der Waals surface area contributed by atoms with E-state index >= 15 is 0 Å². The summed E-state index contributed by atoms with van der Waals surface area (Å²) in [7, 11) is 0. The van der Waals surface area contributed by atoms with E-state index in [9.17, 15) is 4.79 Å². The lowest BCUT2D eigenvalue weighted by atomic mass is 9.98. The van der Waals surface area contributed by atoms with Crippen LogP contribution in [-0.4, -0.2) is 17.3 Å². The monoisotopic (exact) mass is 458 g/mol. The molecule has 0 amide bonds. The van der Waals surface area contributed by atoms with Crippen LogP contribution in [0.3, 0.4) is 0 Å². The van der Waals surface area contributed by atoms with Crippen molar-refractivity contribution in [1.29, 1.82) is 0 Å². The highest BCUT2D eigenvalue weighted by atomic mass is 16.5. The van der Waals surface area contributed by atoms with Crippen molar-refractivity contribution >= 4 is 11.6 Å². The number of nitrogens with zero attached hydrogens (tertiary/aromatic N) is 1. The van der Waals surface area contributed by atoms with Gasteiger partial charge in [-0.15, -0.1) is 0 Å². The molecule has 3 rings (SSSR count). The normalized spacial score (nSPS) is 10.8. The van der Waals surface area contributed by atoms with E-state index in [1.165, 1.54) is 44.9 Å². The average Bonchev–Trinajstić information content (AvgIpc) is 2.87. The number of hydrogen-bond donors (Lipinski definition) is 1. The predicted molar refractivity (Wildman–Crippen MR) is 141 cm³/mol. The molecule has 0 fully saturated rings. The van der Waals surface area contributed by atoms with Gasteiger partial charge in [0.2, 0.25) is 0 Å². The first-order valence-electron chi connectivity index (χ1n) is 12.7. The van der Waals surface area contributed by atoms with Crippen molar-refractivity contribution in [3.63, 3.8) is 0 Å². The van der Waals surface area contributed by atoms with E-state index in [0.717, 1.165) is 29.8 Å². The van der Waals surface area contributed by atoms with Crippen LogP contribution >= 0.6 is 0 Å². The van der Waals surface area contributed by atoms with Gasteiger partial charge in [0.05, 0.1) is 5.56 Å². The highest BCUT2D eigenvalue weighted by Gasteiger charge is 2.18. The number of carbonyl (C=O) groups is 1. The Kier molecular flexibility index (Phi) is 10.6. The van der Waals surface area contributed by atoms with Gasteiger partial charge in [-0.05, 0) is 37.1 Å². The van der Waals surface area contributed by atoms with Crippen LogP contribution < -0.4 is 10.1 Å². The van der Waals surface area contributed by atoms with Gasteiger partial charge < -0.3 is 10.1 Å². The van der Waals surface area contributed by atoms with E-state index in [1.54, 1.807) is 6.20 Å². The van der Waals surface area contributed by atoms with Crippen molar-refractivity contribution < 1.29 is 9.53 Å². The zero-order chi connectivity index (χ0) is 24.0. The zero-order valence-corrected chi connectivity index (χ0v) is 20.7. The van der Waals surface area contributed by atoms with Crippen molar-refractivity contribution in [3.8, 4) is 5.75 Å². The van der Waals surface area contributed by atoms with Crippen LogP contribution in [0.25, 0.3) is 0 Å². The van der Waals surface area contributed by atoms with E-state index in [4.69, 9.17) is 4.74 Å². The van der Waals surface area contributed by atoms with Crippen LogP contribution in [0.2, 0.25) is 0 Å². The lowest BCUT2D eigenvalue weighted by Gasteiger charge is -2.14. The summed E-state index contributed by atoms with van der Waals surface area (Å²) in [6.07, 6.45) is 11.9. The molecule has 180 valence electrons. The number of nitrogens with one attached hydrogen (secondary N) is 1. The highest BCUT2D eigenvalue weighted by molar-refractivity contribution is 6.12. The number of benzene rings is 2. The van der Waals surface area contributed by atoms with Crippen LogP contribution in [0.4, 0.5) is 5.82 Å². The minimum Gasteiger partial charge on any atom is -0.489 e. The van der Waals surface area contributed by atoms with Gasteiger partial charge in [-0.3, -0.25) is 4.79 Å². The molecular formula is C30H38N2O2. The number of aromatic nitrogens is 1. The molecule has 0 saturated carbocycles. The molecule has 0 bridgehead atoms. The smallest absolute Gasteiger partial charge is 0.197 e. The third-order valence-electron chi connectivity index (χ3n) is 6.14. The molecule has 1 aromatic heterocycles. The highest BCUT2D eigenvalue weighted by Crippen LogP contribution is 2.26. The van der Waals surface area contributed by atoms with Crippen LogP contribution in [0.5, 0.6) is 5.75 Å². The van der Waals surface area contributed by atoms with Gasteiger partial charge in [0, 0.05) is 23.9 Å². The molecule has 0 unspecified atom stereocenters. The predicted octanol–water partition coefficient (Wildman–Crippen LogP) is 7.75. The molecule has 0 spiro atoms. The summed E-state index contributed by atoms with van der Waals surface area (Å²) in [6.45, 7) is 5.49. The number of anilines is 1. The number of rotatable bonds is 15.